The number of rotatable bonds is 2. The second kappa shape index (κ2) is 5.22. The van der Waals surface area contributed by atoms with Gasteiger partial charge in [0.2, 0.25) is 0 Å². The first-order valence-electron chi connectivity index (χ1n) is 8.03. The number of benzene rings is 3. The first-order chi connectivity index (χ1) is 11.1. The smallest absolute Gasteiger partial charge is 0.166 e. The summed E-state index contributed by atoms with van der Waals surface area (Å²) >= 11 is 0. The SMILES string of the molecule is CC(C)(c1c(N)c2ccccc2c2ccccc12)C1OCCO1. The van der Waals surface area contributed by atoms with Crippen molar-refractivity contribution in [3.8, 4) is 0 Å². The third-order valence-electron chi connectivity index (χ3n) is 4.83. The van der Waals surface area contributed by atoms with Gasteiger partial charge in [0.25, 0.3) is 0 Å². The van der Waals surface area contributed by atoms with Crippen LogP contribution in [0.2, 0.25) is 0 Å². The number of hydrogen-bond donors (Lipinski definition) is 1. The van der Waals surface area contributed by atoms with E-state index in [2.05, 4.69) is 56.3 Å². The van der Waals surface area contributed by atoms with Crippen LogP contribution in [0.15, 0.2) is 48.5 Å². The van der Waals surface area contributed by atoms with Crippen LogP contribution in [0.3, 0.4) is 0 Å². The van der Waals surface area contributed by atoms with E-state index in [1.165, 1.54) is 16.2 Å². The summed E-state index contributed by atoms with van der Waals surface area (Å²) in [7, 11) is 0. The predicted octanol–water partition coefficient (Wildman–Crippen LogP) is 4.23. The number of fused-ring (bicyclic) bond motifs is 3. The molecule has 3 nitrogen and oxygen atoms in total. The van der Waals surface area contributed by atoms with Crippen LogP contribution in [0.5, 0.6) is 0 Å². The van der Waals surface area contributed by atoms with Crippen molar-refractivity contribution < 1.29 is 9.47 Å². The summed E-state index contributed by atoms with van der Waals surface area (Å²) in [4.78, 5) is 0. The van der Waals surface area contributed by atoms with Crippen molar-refractivity contribution in [3.05, 3.63) is 54.1 Å². The lowest BCUT2D eigenvalue weighted by Gasteiger charge is -2.33. The highest BCUT2D eigenvalue weighted by Gasteiger charge is 2.38. The van der Waals surface area contributed by atoms with Crippen molar-refractivity contribution in [3.63, 3.8) is 0 Å². The van der Waals surface area contributed by atoms with E-state index in [-0.39, 0.29) is 11.7 Å². The average Bonchev–Trinajstić information content (AvgIpc) is 3.10. The number of nitrogen functional groups attached to an aromatic ring is 1. The Kier molecular flexibility index (Phi) is 3.29. The zero-order valence-electron chi connectivity index (χ0n) is 13.5. The molecule has 0 amide bonds. The third-order valence-corrected chi connectivity index (χ3v) is 4.83. The van der Waals surface area contributed by atoms with Crippen molar-refractivity contribution in [1.29, 1.82) is 0 Å². The van der Waals surface area contributed by atoms with Gasteiger partial charge in [-0.05, 0) is 21.7 Å². The van der Waals surface area contributed by atoms with Gasteiger partial charge in [-0.25, -0.2) is 0 Å². The Morgan fingerprint density at radius 2 is 1.30 bits per heavy atom. The fraction of sp³-hybridized carbons (Fsp3) is 0.300. The minimum absolute atomic E-state index is 0.269. The molecule has 1 aliphatic heterocycles. The van der Waals surface area contributed by atoms with Gasteiger partial charge in [0.15, 0.2) is 6.29 Å². The molecule has 3 heteroatoms. The van der Waals surface area contributed by atoms with Crippen molar-refractivity contribution in [2.24, 2.45) is 0 Å². The van der Waals surface area contributed by atoms with Crippen LogP contribution < -0.4 is 5.73 Å². The first kappa shape index (κ1) is 14.5. The van der Waals surface area contributed by atoms with E-state index in [0.717, 1.165) is 16.6 Å². The zero-order valence-corrected chi connectivity index (χ0v) is 13.5. The number of anilines is 1. The predicted molar refractivity (Wildman–Crippen MR) is 94.6 cm³/mol. The van der Waals surface area contributed by atoms with Crippen LogP contribution in [0.25, 0.3) is 21.5 Å². The lowest BCUT2D eigenvalue weighted by molar-refractivity contribution is -0.0879. The molecule has 0 aliphatic carbocycles. The molecule has 3 aromatic rings. The highest BCUT2D eigenvalue weighted by Crippen LogP contribution is 2.43. The maximum atomic E-state index is 6.63. The van der Waals surface area contributed by atoms with Crippen molar-refractivity contribution >= 4 is 27.2 Å². The van der Waals surface area contributed by atoms with Gasteiger partial charge >= 0.3 is 0 Å². The monoisotopic (exact) mass is 307 g/mol. The molecular weight excluding hydrogens is 286 g/mol. The fourth-order valence-corrected chi connectivity index (χ4v) is 3.76. The second-order valence-corrected chi connectivity index (χ2v) is 6.68. The molecule has 23 heavy (non-hydrogen) atoms. The van der Waals surface area contributed by atoms with E-state index >= 15 is 0 Å². The summed E-state index contributed by atoms with van der Waals surface area (Å²) in [6.45, 7) is 5.57. The van der Waals surface area contributed by atoms with Gasteiger partial charge in [-0.2, -0.15) is 0 Å². The minimum Gasteiger partial charge on any atom is -0.398 e. The van der Waals surface area contributed by atoms with Crippen LogP contribution in [0, 0.1) is 0 Å². The molecule has 0 bridgehead atoms. The molecule has 3 aromatic carbocycles. The van der Waals surface area contributed by atoms with Crippen molar-refractivity contribution in [2.75, 3.05) is 18.9 Å². The van der Waals surface area contributed by atoms with Gasteiger partial charge in [-0.3, -0.25) is 0 Å². The molecule has 2 N–H and O–H groups in total. The van der Waals surface area contributed by atoms with Gasteiger partial charge in [-0.1, -0.05) is 62.4 Å². The van der Waals surface area contributed by atoms with Crippen molar-refractivity contribution in [1.82, 2.24) is 0 Å². The van der Waals surface area contributed by atoms with E-state index in [1.54, 1.807) is 0 Å². The Labute approximate surface area is 136 Å². The Hall–Kier alpha value is -2.10. The Morgan fingerprint density at radius 1 is 0.826 bits per heavy atom. The second-order valence-electron chi connectivity index (χ2n) is 6.68. The third kappa shape index (κ3) is 2.12. The molecule has 4 rings (SSSR count). The average molecular weight is 307 g/mol. The van der Waals surface area contributed by atoms with E-state index in [0.29, 0.717) is 13.2 Å². The normalized spacial score (nSPS) is 16.4. The maximum absolute atomic E-state index is 6.63. The zero-order chi connectivity index (χ0) is 16.0. The number of nitrogens with two attached hydrogens (primary N) is 1. The Balaban J connectivity index is 2.10. The van der Waals surface area contributed by atoms with Gasteiger partial charge < -0.3 is 15.2 Å². The fourth-order valence-electron chi connectivity index (χ4n) is 3.76. The lowest BCUT2D eigenvalue weighted by atomic mass is 9.78. The molecule has 1 aliphatic rings. The van der Waals surface area contributed by atoms with E-state index in [9.17, 15) is 0 Å². The molecule has 118 valence electrons. The highest BCUT2D eigenvalue weighted by atomic mass is 16.7. The van der Waals surface area contributed by atoms with Crippen molar-refractivity contribution in [2.45, 2.75) is 25.6 Å². The molecule has 0 saturated carbocycles. The molecule has 0 atom stereocenters. The minimum atomic E-state index is -0.329. The summed E-state index contributed by atoms with van der Waals surface area (Å²) in [6.07, 6.45) is -0.269. The summed E-state index contributed by atoms with van der Waals surface area (Å²) < 4.78 is 11.6. The van der Waals surface area contributed by atoms with Crippen LogP contribution in [0.1, 0.15) is 19.4 Å². The topological polar surface area (TPSA) is 44.5 Å². The molecule has 1 heterocycles. The van der Waals surface area contributed by atoms with Gasteiger partial charge in [0, 0.05) is 16.5 Å². The Bertz CT molecular complexity index is 879. The van der Waals surface area contributed by atoms with Gasteiger partial charge in [-0.15, -0.1) is 0 Å². The standard InChI is InChI=1S/C20H21NO2/c1-20(2,19-22-11-12-23-19)17-15-9-5-3-7-13(15)14-8-4-6-10-16(14)18(17)21/h3-10,19H,11-12,21H2,1-2H3. The van der Waals surface area contributed by atoms with E-state index in [4.69, 9.17) is 15.2 Å². The number of hydrogen-bond acceptors (Lipinski definition) is 3. The van der Waals surface area contributed by atoms with Crippen LogP contribution in [-0.2, 0) is 14.9 Å². The highest BCUT2D eigenvalue weighted by molar-refractivity contribution is 6.15. The molecule has 0 spiro atoms. The van der Waals surface area contributed by atoms with Crippen LogP contribution in [0.4, 0.5) is 5.69 Å². The molecule has 1 saturated heterocycles. The largest absolute Gasteiger partial charge is 0.398 e. The van der Waals surface area contributed by atoms with Gasteiger partial charge in [0.05, 0.1) is 13.2 Å². The lowest BCUT2D eigenvalue weighted by Crippen LogP contribution is -2.35. The summed E-state index contributed by atoms with van der Waals surface area (Å²) in [5.41, 5.74) is 8.23. The summed E-state index contributed by atoms with van der Waals surface area (Å²) in [6, 6.07) is 16.8. The number of ether oxygens (including phenoxy) is 2. The van der Waals surface area contributed by atoms with Crippen LogP contribution in [-0.4, -0.2) is 19.5 Å². The van der Waals surface area contributed by atoms with Gasteiger partial charge in [0.1, 0.15) is 0 Å². The molecule has 1 fully saturated rings. The quantitative estimate of drug-likeness (QED) is 0.569. The van der Waals surface area contributed by atoms with E-state index < -0.39 is 0 Å². The molecular formula is C20H21NO2. The first-order valence-corrected chi connectivity index (χ1v) is 8.03. The maximum Gasteiger partial charge on any atom is 0.166 e. The van der Waals surface area contributed by atoms with Crippen LogP contribution >= 0.6 is 0 Å². The van der Waals surface area contributed by atoms with E-state index in [1.807, 2.05) is 6.07 Å². The molecule has 0 radical (unpaired) electrons. The molecule has 0 aromatic heterocycles. The Morgan fingerprint density at radius 3 is 1.91 bits per heavy atom. The molecule has 0 unspecified atom stereocenters. The summed E-state index contributed by atoms with van der Waals surface area (Å²) in [5.74, 6) is 0. The summed E-state index contributed by atoms with van der Waals surface area (Å²) in [5, 5.41) is 4.67.